The van der Waals surface area contributed by atoms with E-state index in [4.69, 9.17) is 11.0 Å². The zero-order valence-corrected chi connectivity index (χ0v) is 7.05. The Morgan fingerprint density at radius 1 is 1.53 bits per heavy atom. The molecule has 3 N–H and O–H groups in total. The molecule has 0 saturated heterocycles. The third-order valence-electron chi connectivity index (χ3n) is 1.37. The molecular weight excluding hydrogens is 215 g/mol. The van der Waals surface area contributed by atoms with E-state index in [-0.39, 0.29) is 5.69 Å². The molecule has 0 spiro atoms. The van der Waals surface area contributed by atoms with Crippen LogP contribution in [-0.4, -0.2) is 11.3 Å². The zero-order chi connectivity index (χ0) is 11.6. The normalized spacial score (nSPS) is 10.8. The predicted molar refractivity (Wildman–Crippen MR) is 42.9 cm³/mol. The summed E-state index contributed by atoms with van der Waals surface area (Å²) in [4.78, 5) is 12.5. The van der Waals surface area contributed by atoms with Crippen LogP contribution < -0.4 is 16.0 Å². The largest absolute Gasteiger partial charge is 0.574 e. The number of aromatic amines is 1. The van der Waals surface area contributed by atoms with Crippen molar-refractivity contribution in [2.75, 3.05) is 5.73 Å². The molecule has 1 aromatic heterocycles. The van der Waals surface area contributed by atoms with Crippen molar-refractivity contribution >= 4 is 5.69 Å². The van der Waals surface area contributed by atoms with Crippen LogP contribution in [0.4, 0.5) is 18.9 Å². The molecule has 80 valence electrons. The molecule has 0 aromatic carbocycles. The number of H-pyrrole nitrogens is 1. The van der Waals surface area contributed by atoms with Crippen LogP contribution in [-0.2, 0) is 0 Å². The highest BCUT2D eigenvalue weighted by Crippen LogP contribution is 2.25. The molecule has 0 aliphatic carbocycles. The van der Waals surface area contributed by atoms with Gasteiger partial charge in [0.15, 0.2) is 0 Å². The molecule has 0 amide bonds. The van der Waals surface area contributed by atoms with E-state index in [1.165, 1.54) is 6.07 Å². The molecule has 0 radical (unpaired) electrons. The van der Waals surface area contributed by atoms with Crippen LogP contribution in [0.5, 0.6) is 5.88 Å². The summed E-state index contributed by atoms with van der Waals surface area (Å²) in [6.07, 6.45) is -5.00. The first-order chi connectivity index (χ1) is 6.83. The van der Waals surface area contributed by atoms with Gasteiger partial charge in [0.2, 0.25) is 5.88 Å². The lowest BCUT2D eigenvalue weighted by Gasteiger charge is -2.10. The van der Waals surface area contributed by atoms with Crippen LogP contribution in [0.25, 0.3) is 0 Å². The summed E-state index contributed by atoms with van der Waals surface area (Å²) in [7, 11) is 0. The van der Waals surface area contributed by atoms with Crippen molar-refractivity contribution in [1.82, 2.24) is 4.98 Å². The van der Waals surface area contributed by atoms with Crippen molar-refractivity contribution in [1.29, 1.82) is 5.26 Å². The maximum absolute atomic E-state index is 11.8. The van der Waals surface area contributed by atoms with E-state index < -0.39 is 23.4 Å². The van der Waals surface area contributed by atoms with Crippen LogP contribution in [0.15, 0.2) is 10.9 Å². The topological polar surface area (TPSA) is 91.9 Å². The second kappa shape index (κ2) is 3.53. The predicted octanol–water partition coefficient (Wildman–Crippen LogP) is 0.727. The Morgan fingerprint density at radius 3 is 2.60 bits per heavy atom. The molecule has 1 rings (SSSR count). The van der Waals surface area contributed by atoms with E-state index in [1.54, 1.807) is 4.98 Å². The maximum atomic E-state index is 11.8. The van der Waals surface area contributed by atoms with Crippen molar-refractivity contribution in [2.45, 2.75) is 6.36 Å². The van der Waals surface area contributed by atoms with Crippen molar-refractivity contribution in [3.63, 3.8) is 0 Å². The van der Waals surface area contributed by atoms with Crippen LogP contribution >= 0.6 is 0 Å². The number of nitriles is 1. The summed E-state index contributed by atoms with van der Waals surface area (Å²) in [6.45, 7) is 0. The van der Waals surface area contributed by atoms with Gasteiger partial charge >= 0.3 is 6.36 Å². The number of ether oxygens (including phenoxy) is 1. The molecule has 0 bridgehead atoms. The van der Waals surface area contributed by atoms with Gasteiger partial charge in [0.1, 0.15) is 11.6 Å². The number of aromatic nitrogens is 1. The highest BCUT2D eigenvalue weighted by atomic mass is 19.4. The standard InChI is InChI=1S/C7H4F3N3O2/c8-7(9,10)15-6-3(2-11)4(12)1-5(14)13-6/h1H,(H3,12,13,14). The average Bonchev–Trinajstić information content (AvgIpc) is 1.99. The van der Waals surface area contributed by atoms with Gasteiger partial charge in [-0.05, 0) is 0 Å². The van der Waals surface area contributed by atoms with Gasteiger partial charge in [0.05, 0.1) is 5.69 Å². The molecule has 0 atom stereocenters. The van der Waals surface area contributed by atoms with Crippen LogP contribution in [0.2, 0.25) is 0 Å². The number of nitrogens with one attached hydrogen (secondary N) is 1. The Morgan fingerprint density at radius 2 is 2.13 bits per heavy atom. The molecule has 8 heteroatoms. The number of hydrogen-bond donors (Lipinski definition) is 2. The quantitative estimate of drug-likeness (QED) is 0.728. The Balaban J connectivity index is 3.29. The van der Waals surface area contributed by atoms with Crippen molar-refractivity contribution in [3.8, 4) is 11.9 Å². The number of anilines is 1. The number of halogens is 3. The lowest BCUT2D eigenvalue weighted by molar-refractivity contribution is -0.276. The Kier molecular flexibility index (Phi) is 2.57. The van der Waals surface area contributed by atoms with Gasteiger partial charge < -0.3 is 10.5 Å². The zero-order valence-electron chi connectivity index (χ0n) is 7.05. The molecule has 1 heterocycles. The molecule has 5 nitrogen and oxygen atoms in total. The third kappa shape index (κ3) is 2.63. The number of hydrogen-bond acceptors (Lipinski definition) is 4. The summed E-state index contributed by atoms with van der Waals surface area (Å²) >= 11 is 0. The summed E-state index contributed by atoms with van der Waals surface area (Å²) < 4.78 is 38.9. The van der Waals surface area contributed by atoms with Gasteiger partial charge in [-0.15, -0.1) is 13.2 Å². The monoisotopic (exact) mass is 219 g/mol. The second-order valence-corrected chi connectivity index (χ2v) is 2.45. The van der Waals surface area contributed by atoms with Crippen molar-refractivity contribution in [2.24, 2.45) is 0 Å². The van der Waals surface area contributed by atoms with E-state index >= 15 is 0 Å². The molecule has 0 aliphatic heterocycles. The van der Waals surface area contributed by atoms with Gasteiger partial charge in [-0.2, -0.15) is 5.26 Å². The smallest absolute Gasteiger partial charge is 0.397 e. The van der Waals surface area contributed by atoms with Crippen LogP contribution in [0.3, 0.4) is 0 Å². The summed E-state index contributed by atoms with van der Waals surface area (Å²) in [5.74, 6) is -1.00. The average molecular weight is 219 g/mol. The van der Waals surface area contributed by atoms with Gasteiger partial charge in [-0.25, -0.2) is 0 Å². The maximum Gasteiger partial charge on any atom is 0.574 e. The molecular formula is C7H4F3N3O2. The van der Waals surface area contributed by atoms with E-state index in [9.17, 15) is 18.0 Å². The minimum atomic E-state index is -5.00. The number of pyridine rings is 1. The van der Waals surface area contributed by atoms with Gasteiger partial charge in [0.25, 0.3) is 5.56 Å². The fourth-order valence-corrected chi connectivity index (χ4v) is 0.863. The molecule has 0 unspecified atom stereocenters. The van der Waals surface area contributed by atoms with Gasteiger partial charge in [-0.1, -0.05) is 0 Å². The fourth-order valence-electron chi connectivity index (χ4n) is 0.863. The van der Waals surface area contributed by atoms with Crippen LogP contribution in [0.1, 0.15) is 5.56 Å². The highest BCUT2D eigenvalue weighted by molar-refractivity contribution is 5.57. The Labute approximate surface area is 80.9 Å². The first-order valence-electron chi connectivity index (χ1n) is 3.52. The van der Waals surface area contributed by atoms with E-state index in [0.717, 1.165) is 6.07 Å². The number of nitrogens with two attached hydrogens (primary N) is 1. The molecule has 0 aliphatic rings. The fraction of sp³-hybridized carbons (Fsp3) is 0.143. The summed E-state index contributed by atoms with van der Waals surface area (Å²) in [5.41, 5.74) is 3.34. The summed E-state index contributed by atoms with van der Waals surface area (Å²) in [6, 6.07) is 2.19. The first kappa shape index (κ1) is 10.9. The highest BCUT2D eigenvalue weighted by Gasteiger charge is 2.33. The molecule has 0 fully saturated rings. The molecule has 0 saturated carbocycles. The number of nitrogen functional groups attached to an aromatic ring is 1. The number of alkyl halides is 3. The van der Waals surface area contributed by atoms with E-state index in [0.29, 0.717) is 0 Å². The summed E-state index contributed by atoms with van der Waals surface area (Å²) in [5, 5.41) is 8.49. The first-order valence-corrected chi connectivity index (χ1v) is 3.52. The van der Waals surface area contributed by atoms with Gasteiger partial charge in [-0.3, -0.25) is 9.78 Å². The Bertz CT molecular complexity index is 472. The van der Waals surface area contributed by atoms with E-state index in [2.05, 4.69) is 4.74 Å². The number of rotatable bonds is 1. The lowest BCUT2D eigenvalue weighted by atomic mass is 10.2. The minimum absolute atomic E-state index is 0.375. The Hall–Kier alpha value is -2.17. The van der Waals surface area contributed by atoms with E-state index in [1.807, 2.05) is 0 Å². The molecule has 1 aromatic rings. The van der Waals surface area contributed by atoms with Crippen molar-refractivity contribution in [3.05, 3.63) is 22.0 Å². The lowest BCUT2D eigenvalue weighted by Crippen LogP contribution is -2.21. The van der Waals surface area contributed by atoms with Crippen LogP contribution in [0, 0.1) is 11.3 Å². The molecule has 15 heavy (non-hydrogen) atoms. The third-order valence-corrected chi connectivity index (χ3v) is 1.37. The minimum Gasteiger partial charge on any atom is -0.397 e. The SMILES string of the molecule is N#Cc1c(N)cc(=O)[nH]c1OC(F)(F)F. The second-order valence-electron chi connectivity index (χ2n) is 2.45. The number of nitrogens with zero attached hydrogens (tertiary/aromatic N) is 1. The van der Waals surface area contributed by atoms with Gasteiger partial charge in [0, 0.05) is 6.07 Å². The van der Waals surface area contributed by atoms with Crippen molar-refractivity contribution < 1.29 is 17.9 Å².